The molecule has 2 aromatic rings. The van der Waals surface area contributed by atoms with Crippen LogP contribution in [-0.2, 0) is 20.5 Å². The molecule has 174 valence electrons. The molecule has 0 bridgehead atoms. The van der Waals surface area contributed by atoms with Crippen LogP contribution in [0.3, 0.4) is 0 Å². The molecule has 0 unspecified atom stereocenters. The topological polar surface area (TPSA) is 65.1 Å². The Balaban J connectivity index is 1.93. The van der Waals surface area contributed by atoms with E-state index in [1.165, 1.54) is 25.3 Å². The van der Waals surface area contributed by atoms with E-state index in [-0.39, 0.29) is 33.9 Å². The zero-order valence-electron chi connectivity index (χ0n) is 17.5. The number of halogens is 3. The molecule has 0 aromatic heterocycles. The van der Waals surface area contributed by atoms with Crippen molar-refractivity contribution in [3.8, 4) is 11.5 Å². The zero-order chi connectivity index (χ0) is 24.2. The van der Waals surface area contributed by atoms with Crippen LogP contribution in [0.25, 0.3) is 6.08 Å². The van der Waals surface area contributed by atoms with E-state index in [1.54, 1.807) is 25.1 Å². The molecule has 2 aromatic carbocycles. The van der Waals surface area contributed by atoms with Gasteiger partial charge in [0.25, 0.3) is 5.91 Å². The third-order valence-electron chi connectivity index (χ3n) is 4.38. The van der Waals surface area contributed by atoms with Gasteiger partial charge in [-0.1, -0.05) is 42.2 Å². The molecule has 1 saturated heterocycles. The number of amides is 1. The Morgan fingerprint density at radius 1 is 1.21 bits per heavy atom. The Kier molecular flexibility index (Phi) is 7.65. The van der Waals surface area contributed by atoms with Crippen molar-refractivity contribution in [3.63, 3.8) is 0 Å². The van der Waals surface area contributed by atoms with E-state index in [0.717, 1.165) is 28.8 Å². The van der Waals surface area contributed by atoms with Gasteiger partial charge in [-0.3, -0.25) is 9.69 Å². The highest BCUT2D eigenvalue weighted by Crippen LogP contribution is 2.40. The predicted octanol–water partition coefficient (Wildman–Crippen LogP) is 5.06. The maximum absolute atomic E-state index is 13.1. The number of alkyl halides is 3. The second-order valence-electron chi connectivity index (χ2n) is 6.54. The quantitative estimate of drug-likeness (QED) is 0.301. The van der Waals surface area contributed by atoms with Gasteiger partial charge in [0, 0.05) is 5.56 Å². The number of ether oxygens (including phenoxy) is 3. The zero-order valence-corrected chi connectivity index (χ0v) is 19.1. The van der Waals surface area contributed by atoms with E-state index in [9.17, 15) is 22.8 Å². The molecule has 0 saturated carbocycles. The number of rotatable bonds is 7. The first-order valence-corrected chi connectivity index (χ1v) is 10.8. The first-order valence-electron chi connectivity index (χ1n) is 9.56. The second kappa shape index (κ2) is 10.3. The van der Waals surface area contributed by atoms with Crippen molar-refractivity contribution in [1.82, 2.24) is 0 Å². The fourth-order valence-electron chi connectivity index (χ4n) is 2.95. The van der Waals surface area contributed by atoms with Crippen LogP contribution in [0.5, 0.6) is 11.5 Å². The number of benzene rings is 2. The lowest BCUT2D eigenvalue weighted by Gasteiger charge is -2.16. The van der Waals surface area contributed by atoms with E-state index in [2.05, 4.69) is 0 Å². The Labute approximate surface area is 197 Å². The molecule has 33 heavy (non-hydrogen) atoms. The molecule has 0 atom stereocenters. The van der Waals surface area contributed by atoms with Gasteiger partial charge in [-0.05, 0) is 37.3 Å². The molecule has 3 rings (SSSR count). The molecule has 0 radical (unpaired) electrons. The lowest BCUT2D eigenvalue weighted by Crippen LogP contribution is -2.27. The van der Waals surface area contributed by atoms with Gasteiger partial charge in [0.2, 0.25) is 0 Å². The van der Waals surface area contributed by atoms with E-state index < -0.39 is 23.6 Å². The van der Waals surface area contributed by atoms with Gasteiger partial charge in [-0.25, -0.2) is 4.79 Å². The molecule has 1 amide bonds. The smallest absolute Gasteiger partial charge is 0.416 e. The SMILES string of the molecule is CCOC(=O)COc1c(/C=C2\SC(=S)N(c3cccc(C(F)(F)F)c3)C2=O)cccc1OC. The molecule has 1 fully saturated rings. The number of carbonyl (C=O) groups excluding carboxylic acids is 2. The number of methoxy groups -OCH3 is 1. The van der Waals surface area contributed by atoms with Crippen LogP contribution in [0.15, 0.2) is 47.4 Å². The van der Waals surface area contributed by atoms with Gasteiger partial charge < -0.3 is 14.2 Å². The number of hydrogen-bond acceptors (Lipinski definition) is 7. The number of hydrogen-bond donors (Lipinski definition) is 0. The predicted molar refractivity (Wildman–Crippen MR) is 122 cm³/mol. The number of nitrogens with zero attached hydrogens (tertiary/aromatic N) is 1. The molecule has 11 heteroatoms. The second-order valence-corrected chi connectivity index (χ2v) is 8.21. The molecule has 1 heterocycles. The van der Waals surface area contributed by atoms with E-state index in [1.807, 2.05) is 0 Å². The maximum Gasteiger partial charge on any atom is 0.416 e. The Morgan fingerprint density at radius 3 is 2.61 bits per heavy atom. The first-order chi connectivity index (χ1) is 15.7. The van der Waals surface area contributed by atoms with Crippen LogP contribution in [-0.4, -0.2) is 36.5 Å². The summed E-state index contributed by atoms with van der Waals surface area (Å²) < 4.78 is 55.1. The van der Waals surface area contributed by atoms with Crippen molar-refractivity contribution in [3.05, 3.63) is 58.5 Å². The van der Waals surface area contributed by atoms with Crippen molar-refractivity contribution in [2.24, 2.45) is 0 Å². The minimum Gasteiger partial charge on any atom is -0.493 e. The number of anilines is 1. The fraction of sp³-hybridized carbons (Fsp3) is 0.227. The van der Waals surface area contributed by atoms with Crippen molar-refractivity contribution in [1.29, 1.82) is 0 Å². The van der Waals surface area contributed by atoms with Crippen LogP contribution in [0.4, 0.5) is 18.9 Å². The summed E-state index contributed by atoms with van der Waals surface area (Å²) in [7, 11) is 1.42. The standard InChI is InChI=1S/C22H18F3NO5S2/c1-3-30-18(27)12-31-19-13(6-4-9-16(19)29-2)10-17-20(28)26(21(32)33-17)15-8-5-7-14(11-15)22(23,24)25/h4-11H,3,12H2,1-2H3/b17-10-. The van der Waals surface area contributed by atoms with Gasteiger partial charge >= 0.3 is 12.1 Å². The minimum atomic E-state index is -4.56. The lowest BCUT2D eigenvalue weighted by molar-refractivity contribution is -0.145. The van der Waals surface area contributed by atoms with Gasteiger partial charge in [0.15, 0.2) is 22.4 Å². The van der Waals surface area contributed by atoms with Gasteiger partial charge in [0.05, 0.1) is 29.9 Å². The highest BCUT2D eigenvalue weighted by atomic mass is 32.2. The van der Waals surface area contributed by atoms with Crippen molar-refractivity contribution in [2.75, 3.05) is 25.2 Å². The summed E-state index contributed by atoms with van der Waals surface area (Å²) in [5, 5.41) is 0. The monoisotopic (exact) mass is 497 g/mol. The highest BCUT2D eigenvalue weighted by molar-refractivity contribution is 8.27. The molecule has 1 aliphatic rings. The number of thioether (sulfide) groups is 1. The third-order valence-corrected chi connectivity index (χ3v) is 5.68. The van der Waals surface area contributed by atoms with Gasteiger partial charge in [-0.15, -0.1) is 0 Å². The lowest BCUT2D eigenvalue weighted by atomic mass is 10.1. The summed E-state index contributed by atoms with van der Waals surface area (Å²) in [5.74, 6) is -0.632. The average molecular weight is 498 g/mol. The summed E-state index contributed by atoms with van der Waals surface area (Å²) in [6.45, 7) is 1.48. The van der Waals surface area contributed by atoms with E-state index >= 15 is 0 Å². The molecule has 0 N–H and O–H groups in total. The molecular weight excluding hydrogens is 479 g/mol. The Morgan fingerprint density at radius 2 is 1.94 bits per heavy atom. The van der Waals surface area contributed by atoms with E-state index in [0.29, 0.717) is 11.3 Å². The van der Waals surface area contributed by atoms with Crippen LogP contribution >= 0.6 is 24.0 Å². The largest absolute Gasteiger partial charge is 0.493 e. The third kappa shape index (κ3) is 5.66. The highest BCUT2D eigenvalue weighted by Gasteiger charge is 2.36. The molecule has 0 aliphatic carbocycles. The summed E-state index contributed by atoms with van der Waals surface area (Å²) in [5.41, 5.74) is -0.455. The molecule has 6 nitrogen and oxygen atoms in total. The van der Waals surface area contributed by atoms with Gasteiger partial charge in [0.1, 0.15) is 0 Å². The van der Waals surface area contributed by atoms with Crippen LogP contribution in [0, 0.1) is 0 Å². The van der Waals surface area contributed by atoms with Crippen molar-refractivity contribution < 1.29 is 37.0 Å². The average Bonchev–Trinajstić information content (AvgIpc) is 3.05. The Bertz CT molecular complexity index is 1120. The molecular formula is C22H18F3NO5S2. The number of esters is 1. The summed E-state index contributed by atoms with van der Waals surface area (Å²) in [6.07, 6.45) is -3.08. The van der Waals surface area contributed by atoms with Crippen LogP contribution in [0.2, 0.25) is 0 Å². The molecule has 1 aliphatic heterocycles. The fourth-order valence-corrected chi connectivity index (χ4v) is 4.24. The van der Waals surface area contributed by atoms with E-state index in [4.69, 9.17) is 26.4 Å². The van der Waals surface area contributed by atoms with Crippen molar-refractivity contribution >= 4 is 51.9 Å². The van der Waals surface area contributed by atoms with Gasteiger partial charge in [-0.2, -0.15) is 13.2 Å². The summed E-state index contributed by atoms with van der Waals surface area (Å²) in [4.78, 5) is 25.9. The number of carbonyl (C=O) groups is 2. The van der Waals surface area contributed by atoms with Crippen molar-refractivity contribution in [2.45, 2.75) is 13.1 Å². The first kappa shape index (κ1) is 24.6. The van der Waals surface area contributed by atoms with Crippen LogP contribution in [0.1, 0.15) is 18.1 Å². The minimum absolute atomic E-state index is 0.0140. The normalized spacial score (nSPS) is 15.2. The molecule has 0 spiro atoms. The maximum atomic E-state index is 13.1. The Hall–Kier alpha value is -3.05. The number of thiocarbonyl (C=S) groups is 1. The summed E-state index contributed by atoms with van der Waals surface area (Å²) in [6, 6.07) is 9.29. The van der Waals surface area contributed by atoms with Crippen LogP contribution < -0.4 is 14.4 Å². The number of para-hydroxylation sites is 1. The summed E-state index contributed by atoms with van der Waals surface area (Å²) >= 11 is 6.19.